The lowest BCUT2D eigenvalue weighted by Gasteiger charge is -2.16. The summed E-state index contributed by atoms with van der Waals surface area (Å²) in [6.45, 7) is 0.644. The van der Waals surface area contributed by atoms with Gasteiger partial charge in [0.2, 0.25) is 5.95 Å². The number of fused-ring (bicyclic) bond motifs is 1. The van der Waals surface area contributed by atoms with Crippen molar-refractivity contribution in [2.24, 2.45) is 0 Å². The van der Waals surface area contributed by atoms with Crippen molar-refractivity contribution < 1.29 is 9.90 Å². The molecule has 1 unspecified atom stereocenters. The zero-order valence-corrected chi connectivity index (χ0v) is 17.6. The minimum atomic E-state index is -1.33. The Labute approximate surface area is 184 Å². The predicted molar refractivity (Wildman–Crippen MR) is 119 cm³/mol. The van der Waals surface area contributed by atoms with Crippen molar-refractivity contribution in [3.8, 4) is 11.8 Å². The number of nitrogens with one attached hydrogen (secondary N) is 2. The number of anilines is 3. The number of aromatic nitrogens is 4. The minimum absolute atomic E-state index is 0.0888. The van der Waals surface area contributed by atoms with E-state index in [-0.39, 0.29) is 11.7 Å². The summed E-state index contributed by atoms with van der Waals surface area (Å²) in [5.74, 6) is 6.50. The van der Waals surface area contributed by atoms with Gasteiger partial charge in [0.15, 0.2) is 11.4 Å². The zero-order chi connectivity index (χ0) is 22.9. The van der Waals surface area contributed by atoms with Crippen LogP contribution in [0.3, 0.4) is 0 Å². The number of carbonyl (C=O) groups is 1. The number of aliphatic hydroxyl groups is 1. The van der Waals surface area contributed by atoms with E-state index in [0.29, 0.717) is 41.4 Å². The van der Waals surface area contributed by atoms with Crippen LogP contribution in [0.4, 0.5) is 17.5 Å². The van der Waals surface area contributed by atoms with Crippen LogP contribution in [0.5, 0.6) is 0 Å². The number of amides is 1. The molecule has 0 saturated carbocycles. The highest BCUT2D eigenvalue weighted by Crippen LogP contribution is 2.30. The maximum Gasteiger partial charge on any atom is 0.271 e. The van der Waals surface area contributed by atoms with Crippen molar-refractivity contribution in [3.05, 3.63) is 59.8 Å². The van der Waals surface area contributed by atoms with E-state index in [2.05, 4.69) is 32.1 Å². The Kier molecular flexibility index (Phi) is 5.34. The first kappa shape index (κ1) is 21.0. The number of nitrogens with zero attached hydrogens (tertiary/aromatic N) is 5. The van der Waals surface area contributed by atoms with Crippen LogP contribution in [-0.4, -0.2) is 55.2 Å². The second kappa shape index (κ2) is 8.13. The van der Waals surface area contributed by atoms with Crippen LogP contribution < -0.4 is 11.1 Å². The van der Waals surface area contributed by atoms with Crippen LogP contribution >= 0.6 is 0 Å². The summed E-state index contributed by atoms with van der Waals surface area (Å²) < 4.78 is 1.87. The number of carbonyl (C=O) groups excluding carboxylic acids is 1. The van der Waals surface area contributed by atoms with Gasteiger partial charge in [0.25, 0.3) is 5.91 Å². The van der Waals surface area contributed by atoms with E-state index in [1.165, 1.54) is 11.1 Å². The van der Waals surface area contributed by atoms with Crippen molar-refractivity contribution >= 4 is 29.1 Å². The molecular formula is C22H22N8O2. The van der Waals surface area contributed by atoms with Crippen molar-refractivity contribution in [2.75, 3.05) is 25.1 Å². The van der Waals surface area contributed by atoms with E-state index in [9.17, 15) is 9.90 Å². The van der Waals surface area contributed by atoms with Gasteiger partial charge in [-0.05, 0) is 24.3 Å². The maximum atomic E-state index is 12.4. The van der Waals surface area contributed by atoms with Crippen LogP contribution in [0.1, 0.15) is 23.4 Å². The van der Waals surface area contributed by atoms with Crippen LogP contribution in [0.15, 0.2) is 42.9 Å². The largest absolute Gasteiger partial charge is 0.371 e. The van der Waals surface area contributed by atoms with E-state index in [1.54, 1.807) is 44.6 Å². The third-order valence-corrected chi connectivity index (χ3v) is 5.06. The summed E-state index contributed by atoms with van der Waals surface area (Å²) in [5, 5.41) is 22.3. The molecule has 1 aliphatic heterocycles. The molecule has 10 nitrogen and oxygen atoms in total. The molecule has 2 aromatic heterocycles. The second-order valence-corrected chi connectivity index (χ2v) is 7.56. The van der Waals surface area contributed by atoms with E-state index >= 15 is 0 Å². The molecule has 0 bridgehead atoms. The fraction of sp³-hybridized carbons (Fsp3) is 0.227. The number of likely N-dealkylation sites (N-methyl/N-ethyl adjacent to an activating group) is 1. The first-order valence-electron chi connectivity index (χ1n) is 9.84. The summed E-state index contributed by atoms with van der Waals surface area (Å²) in [6, 6.07) is 6.66. The highest BCUT2D eigenvalue weighted by molar-refractivity contribution is 6.45. The lowest BCUT2D eigenvalue weighted by atomic mass is 10.0. The van der Waals surface area contributed by atoms with Crippen molar-refractivity contribution in [2.45, 2.75) is 18.6 Å². The SMILES string of the molecule is CN(C)C(=O)C(=N)c1ccc(C#CC2(O)CCn3ccnc32)cc1Nc1ccnc(N)n1. The van der Waals surface area contributed by atoms with Gasteiger partial charge in [0, 0.05) is 56.8 Å². The van der Waals surface area contributed by atoms with Crippen molar-refractivity contribution in [3.63, 3.8) is 0 Å². The molecule has 3 aromatic rings. The number of rotatable bonds is 4. The average Bonchev–Trinajstić information content (AvgIpc) is 3.36. The van der Waals surface area contributed by atoms with E-state index in [0.717, 1.165) is 0 Å². The molecule has 5 N–H and O–H groups in total. The molecule has 1 atom stereocenters. The third-order valence-electron chi connectivity index (χ3n) is 5.06. The Morgan fingerprint density at radius 3 is 2.88 bits per heavy atom. The predicted octanol–water partition coefficient (Wildman–Crippen LogP) is 1.10. The summed E-state index contributed by atoms with van der Waals surface area (Å²) in [7, 11) is 3.17. The summed E-state index contributed by atoms with van der Waals surface area (Å²) >= 11 is 0. The Hall–Kier alpha value is -4.23. The van der Waals surface area contributed by atoms with Crippen LogP contribution in [-0.2, 0) is 16.9 Å². The van der Waals surface area contributed by atoms with Crippen LogP contribution in [0.25, 0.3) is 0 Å². The molecule has 0 fully saturated rings. The fourth-order valence-corrected chi connectivity index (χ4v) is 3.41. The highest BCUT2D eigenvalue weighted by Gasteiger charge is 2.37. The molecular weight excluding hydrogens is 408 g/mol. The number of imidazole rings is 1. The molecule has 162 valence electrons. The molecule has 10 heteroatoms. The molecule has 1 amide bonds. The number of hydrogen-bond donors (Lipinski definition) is 4. The molecule has 32 heavy (non-hydrogen) atoms. The lowest BCUT2D eigenvalue weighted by Crippen LogP contribution is -2.30. The first-order valence-corrected chi connectivity index (χ1v) is 9.84. The van der Waals surface area contributed by atoms with Gasteiger partial charge in [0.05, 0.1) is 5.69 Å². The first-order chi connectivity index (χ1) is 15.3. The molecule has 4 rings (SSSR count). The number of nitrogen functional groups attached to an aromatic ring is 1. The smallest absolute Gasteiger partial charge is 0.271 e. The van der Waals surface area contributed by atoms with Crippen molar-refractivity contribution in [1.82, 2.24) is 24.4 Å². The molecule has 1 aliphatic rings. The quantitative estimate of drug-likeness (QED) is 0.358. The highest BCUT2D eigenvalue weighted by atomic mass is 16.3. The van der Waals surface area contributed by atoms with E-state index in [4.69, 9.17) is 11.1 Å². The minimum Gasteiger partial charge on any atom is -0.371 e. The van der Waals surface area contributed by atoms with Gasteiger partial charge in [0.1, 0.15) is 11.5 Å². The van der Waals surface area contributed by atoms with Gasteiger partial charge >= 0.3 is 0 Å². The van der Waals surface area contributed by atoms with Crippen LogP contribution in [0, 0.1) is 17.3 Å². The monoisotopic (exact) mass is 430 g/mol. The lowest BCUT2D eigenvalue weighted by molar-refractivity contribution is -0.121. The van der Waals surface area contributed by atoms with E-state index < -0.39 is 11.5 Å². The van der Waals surface area contributed by atoms with Gasteiger partial charge in [-0.2, -0.15) is 4.98 Å². The molecule has 0 radical (unpaired) electrons. The van der Waals surface area contributed by atoms with Gasteiger partial charge < -0.3 is 25.6 Å². The van der Waals surface area contributed by atoms with Crippen LogP contribution in [0.2, 0.25) is 0 Å². The molecule has 3 heterocycles. The van der Waals surface area contributed by atoms with Gasteiger partial charge in [-0.15, -0.1) is 0 Å². The molecule has 0 saturated heterocycles. The molecule has 0 aliphatic carbocycles. The summed E-state index contributed by atoms with van der Waals surface area (Å²) in [6.07, 6.45) is 5.40. The number of benzene rings is 1. The standard InChI is InChI=1S/C22H22N8O2/c1-29(2)19(31)18(23)15-4-3-14(13-16(15)27-17-6-9-26-21(24)28-17)5-7-22(32)8-11-30-12-10-25-20(22)30/h3-4,6,9-10,12-13,23,32H,8,11H2,1-2H3,(H3,24,26,27,28). The summed E-state index contributed by atoms with van der Waals surface area (Å²) in [4.78, 5) is 25.9. The number of aryl methyl sites for hydroxylation is 1. The molecule has 0 spiro atoms. The normalized spacial score (nSPS) is 16.6. The summed E-state index contributed by atoms with van der Waals surface area (Å²) in [5.41, 5.74) is 5.57. The number of hydrogen-bond acceptors (Lipinski definition) is 8. The Morgan fingerprint density at radius 2 is 2.12 bits per heavy atom. The topological polar surface area (TPSA) is 146 Å². The van der Waals surface area contributed by atoms with E-state index in [1.807, 2.05) is 10.8 Å². The second-order valence-electron chi connectivity index (χ2n) is 7.56. The average molecular weight is 430 g/mol. The Bertz CT molecular complexity index is 1270. The number of nitrogens with two attached hydrogens (primary N) is 1. The fourth-order valence-electron chi connectivity index (χ4n) is 3.41. The maximum absolute atomic E-state index is 12.4. The van der Waals surface area contributed by atoms with Gasteiger partial charge in [-0.3, -0.25) is 10.2 Å². The van der Waals surface area contributed by atoms with Gasteiger partial charge in [-0.25, -0.2) is 9.97 Å². The molecule has 1 aromatic carbocycles. The third kappa shape index (κ3) is 4.01. The zero-order valence-electron chi connectivity index (χ0n) is 17.6. The van der Waals surface area contributed by atoms with Gasteiger partial charge in [-0.1, -0.05) is 11.8 Å². The Balaban J connectivity index is 1.71. The van der Waals surface area contributed by atoms with Crippen molar-refractivity contribution in [1.29, 1.82) is 5.41 Å². The Morgan fingerprint density at radius 1 is 1.31 bits per heavy atom.